The number of piperazine rings is 1. The molecule has 3 aliphatic rings. The minimum absolute atomic E-state index is 0.111. The Balaban J connectivity index is 1.46. The molecule has 1 atom stereocenters. The summed E-state index contributed by atoms with van der Waals surface area (Å²) in [6.45, 7) is 10.9. The molecule has 1 unspecified atom stereocenters. The van der Waals surface area contributed by atoms with Gasteiger partial charge < -0.3 is 4.90 Å². The number of amides is 1. The van der Waals surface area contributed by atoms with Crippen LogP contribution < -0.4 is 0 Å². The van der Waals surface area contributed by atoms with Gasteiger partial charge in [-0.05, 0) is 38.1 Å². The molecular weight excluding hydrogens is 274 g/mol. The molecule has 0 aromatic heterocycles. The van der Waals surface area contributed by atoms with Crippen molar-refractivity contribution in [2.75, 3.05) is 45.8 Å². The molecule has 2 saturated heterocycles. The zero-order valence-electron chi connectivity index (χ0n) is 13.9. The summed E-state index contributed by atoms with van der Waals surface area (Å²) in [6.07, 6.45) is 9.76. The van der Waals surface area contributed by atoms with Crippen LogP contribution in [-0.4, -0.2) is 72.5 Å². The van der Waals surface area contributed by atoms with E-state index in [9.17, 15) is 4.79 Å². The van der Waals surface area contributed by atoms with Crippen LogP contribution in [0.5, 0.6) is 0 Å². The number of likely N-dealkylation sites (tertiary alicyclic amines) is 1. The molecule has 0 aromatic carbocycles. The minimum atomic E-state index is 0.111. The number of hydrogen-bond acceptors (Lipinski definition) is 3. The number of carbonyl (C=O) groups is 1. The predicted octanol–water partition coefficient (Wildman–Crippen LogP) is 1.97. The smallest absolute Gasteiger partial charge is 0.240 e. The highest BCUT2D eigenvalue weighted by atomic mass is 16.2. The van der Waals surface area contributed by atoms with E-state index in [1.807, 2.05) is 6.08 Å². The van der Waals surface area contributed by atoms with Crippen molar-refractivity contribution >= 4 is 5.91 Å². The molecule has 0 radical (unpaired) electrons. The Morgan fingerprint density at radius 2 is 1.73 bits per heavy atom. The highest BCUT2D eigenvalue weighted by Crippen LogP contribution is 2.26. The molecule has 0 N–H and O–H groups in total. The van der Waals surface area contributed by atoms with Gasteiger partial charge in [0.05, 0.1) is 6.04 Å². The lowest BCUT2D eigenvalue weighted by Crippen LogP contribution is -2.54. The summed E-state index contributed by atoms with van der Waals surface area (Å²) in [7, 11) is 0. The number of rotatable bonds is 5. The van der Waals surface area contributed by atoms with Gasteiger partial charge in [-0.15, -0.1) is 6.58 Å². The van der Waals surface area contributed by atoms with Gasteiger partial charge in [0.1, 0.15) is 0 Å². The zero-order valence-corrected chi connectivity index (χ0v) is 13.9. The fourth-order valence-corrected chi connectivity index (χ4v) is 4.41. The average Bonchev–Trinajstić information content (AvgIpc) is 3.19. The van der Waals surface area contributed by atoms with Crippen molar-refractivity contribution in [3.63, 3.8) is 0 Å². The van der Waals surface area contributed by atoms with Gasteiger partial charge in [0, 0.05) is 39.3 Å². The van der Waals surface area contributed by atoms with Gasteiger partial charge in [-0.25, -0.2) is 0 Å². The van der Waals surface area contributed by atoms with Crippen molar-refractivity contribution in [3.8, 4) is 0 Å². The lowest BCUT2D eigenvalue weighted by Gasteiger charge is -2.38. The summed E-state index contributed by atoms with van der Waals surface area (Å²) in [5, 5.41) is 0. The third-order valence-corrected chi connectivity index (χ3v) is 5.69. The van der Waals surface area contributed by atoms with Gasteiger partial charge in [-0.3, -0.25) is 14.6 Å². The second-order valence-electron chi connectivity index (χ2n) is 7.22. The molecule has 0 bridgehead atoms. The monoisotopic (exact) mass is 305 g/mol. The van der Waals surface area contributed by atoms with Crippen molar-refractivity contribution < 1.29 is 4.79 Å². The highest BCUT2D eigenvalue weighted by Gasteiger charge is 2.34. The molecule has 1 amide bonds. The third-order valence-electron chi connectivity index (χ3n) is 5.69. The van der Waals surface area contributed by atoms with E-state index in [0.29, 0.717) is 5.91 Å². The normalized spacial score (nSPS) is 28.4. The van der Waals surface area contributed by atoms with Gasteiger partial charge in [0.2, 0.25) is 5.91 Å². The van der Waals surface area contributed by atoms with Gasteiger partial charge in [0.25, 0.3) is 0 Å². The lowest BCUT2D eigenvalue weighted by molar-refractivity contribution is -0.137. The van der Waals surface area contributed by atoms with Crippen LogP contribution in [0, 0.1) is 5.92 Å². The second kappa shape index (κ2) is 7.60. The van der Waals surface area contributed by atoms with E-state index in [0.717, 1.165) is 58.0 Å². The largest absolute Gasteiger partial charge is 0.339 e. The molecule has 0 aromatic rings. The summed E-state index contributed by atoms with van der Waals surface area (Å²) < 4.78 is 0. The summed E-state index contributed by atoms with van der Waals surface area (Å²) in [5.74, 6) is 1.28. The summed E-state index contributed by atoms with van der Waals surface area (Å²) in [5.41, 5.74) is 0. The van der Waals surface area contributed by atoms with E-state index in [1.54, 1.807) is 0 Å². The Labute approximate surface area is 135 Å². The molecule has 2 aliphatic heterocycles. The van der Waals surface area contributed by atoms with Crippen LogP contribution in [0.4, 0.5) is 0 Å². The average molecular weight is 305 g/mol. The first-order valence-electron chi connectivity index (χ1n) is 9.14. The Morgan fingerprint density at radius 1 is 1.00 bits per heavy atom. The van der Waals surface area contributed by atoms with Crippen molar-refractivity contribution in [2.45, 2.75) is 44.6 Å². The van der Waals surface area contributed by atoms with Gasteiger partial charge in [-0.2, -0.15) is 0 Å². The van der Waals surface area contributed by atoms with Gasteiger partial charge in [0.15, 0.2) is 0 Å². The maximum atomic E-state index is 12.8. The number of nitrogens with zero attached hydrogens (tertiary/aromatic N) is 3. The Hall–Kier alpha value is -0.870. The van der Waals surface area contributed by atoms with Crippen LogP contribution in [0.2, 0.25) is 0 Å². The van der Waals surface area contributed by atoms with Crippen molar-refractivity contribution in [1.82, 2.24) is 14.7 Å². The lowest BCUT2D eigenvalue weighted by atomic mass is 10.1. The van der Waals surface area contributed by atoms with E-state index in [-0.39, 0.29) is 6.04 Å². The summed E-state index contributed by atoms with van der Waals surface area (Å²) >= 11 is 0. The number of hydrogen-bond donors (Lipinski definition) is 0. The minimum Gasteiger partial charge on any atom is -0.339 e. The molecule has 0 spiro atoms. The van der Waals surface area contributed by atoms with Gasteiger partial charge >= 0.3 is 0 Å². The van der Waals surface area contributed by atoms with Gasteiger partial charge in [-0.1, -0.05) is 18.9 Å². The molecule has 22 heavy (non-hydrogen) atoms. The Kier molecular flexibility index (Phi) is 5.53. The van der Waals surface area contributed by atoms with Crippen LogP contribution in [0.1, 0.15) is 38.5 Å². The van der Waals surface area contributed by atoms with E-state index in [4.69, 9.17) is 0 Å². The summed E-state index contributed by atoms with van der Waals surface area (Å²) in [6, 6.07) is 0.111. The number of carbonyl (C=O) groups excluding carboxylic acids is 1. The topological polar surface area (TPSA) is 26.8 Å². The second-order valence-corrected chi connectivity index (χ2v) is 7.22. The van der Waals surface area contributed by atoms with E-state index in [2.05, 4.69) is 21.3 Å². The van der Waals surface area contributed by atoms with Crippen LogP contribution >= 0.6 is 0 Å². The molecule has 4 nitrogen and oxygen atoms in total. The van der Waals surface area contributed by atoms with Crippen molar-refractivity contribution in [1.29, 1.82) is 0 Å². The third kappa shape index (κ3) is 3.72. The molecule has 1 saturated carbocycles. The molecule has 3 rings (SSSR count). The molecular formula is C18H31N3O. The standard InChI is InChI=1S/C18H31N3O/c1-2-9-20-10-5-8-17(20)18(22)21-13-11-19(12-14-21)15-16-6-3-4-7-16/h2,16-17H,1,3-15H2. The maximum Gasteiger partial charge on any atom is 0.240 e. The fourth-order valence-electron chi connectivity index (χ4n) is 4.41. The van der Waals surface area contributed by atoms with Crippen molar-refractivity contribution in [3.05, 3.63) is 12.7 Å². The van der Waals surface area contributed by atoms with Crippen molar-refractivity contribution in [2.24, 2.45) is 5.92 Å². The molecule has 3 fully saturated rings. The van der Waals surface area contributed by atoms with E-state index < -0.39 is 0 Å². The SMILES string of the molecule is C=CCN1CCCC1C(=O)N1CCN(CC2CCCC2)CC1. The first kappa shape index (κ1) is 16.0. The molecule has 2 heterocycles. The van der Waals surface area contributed by atoms with Crippen LogP contribution in [-0.2, 0) is 4.79 Å². The summed E-state index contributed by atoms with van der Waals surface area (Å²) in [4.78, 5) is 19.7. The Bertz CT molecular complexity index is 384. The van der Waals surface area contributed by atoms with Crippen LogP contribution in [0.25, 0.3) is 0 Å². The highest BCUT2D eigenvalue weighted by molar-refractivity contribution is 5.82. The van der Waals surface area contributed by atoms with Crippen LogP contribution in [0.3, 0.4) is 0 Å². The van der Waals surface area contributed by atoms with E-state index in [1.165, 1.54) is 32.2 Å². The molecule has 1 aliphatic carbocycles. The molecule has 124 valence electrons. The first-order chi connectivity index (χ1) is 10.8. The molecule has 4 heteroatoms. The maximum absolute atomic E-state index is 12.8. The first-order valence-corrected chi connectivity index (χ1v) is 9.14. The van der Waals surface area contributed by atoms with E-state index >= 15 is 0 Å². The van der Waals surface area contributed by atoms with Crippen LogP contribution in [0.15, 0.2) is 12.7 Å². The predicted molar refractivity (Wildman–Crippen MR) is 89.8 cm³/mol. The Morgan fingerprint density at radius 3 is 2.41 bits per heavy atom. The quantitative estimate of drug-likeness (QED) is 0.727. The zero-order chi connectivity index (χ0) is 15.4. The fraction of sp³-hybridized carbons (Fsp3) is 0.833.